The zero-order valence-electron chi connectivity index (χ0n) is 11.4. The summed E-state index contributed by atoms with van der Waals surface area (Å²) in [5.74, 6) is 0.785. The van der Waals surface area contributed by atoms with Gasteiger partial charge in [-0.1, -0.05) is 23.8 Å². The Morgan fingerprint density at radius 2 is 1.90 bits per heavy atom. The van der Waals surface area contributed by atoms with E-state index in [2.05, 4.69) is 18.0 Å². The summed E-state index contributed by atoms with van der Waals surface area (Å²) in [6.45, 7) is 2.05. The third-order valence-corrected chi connectivity index (χ3v) is 3.32. The molecule has 1 aromatic heterocycles. The van der Waals surface area contributed by atoms with Crippen LogP contribution in [0.4, 0.5) is 0 Å². The quantitative estimate of drug-likeness (QED) is 0.763. The molecule has 1 heterocycles. The SMILES string of the molecule is COc1cccc(O)c1-c1ccc2cc(C)ccc2n1. The van der Waals surface area contributed by atoms with E-state index in [1.165, 1.54) is 5.56 Å². The fourth-order valence-corrected chi connectivity index (χ4v) is 2.33. The maximum absolute atomic E-state index is 10.1. The molecule has 3 nitrogen and oxygen atoms in total. The molecule has 0 saturated carbocycles. The molecule has 20 heavy (non-hydrogen) atoms. The third-order valence-electron chi connectivity index (χ3n) is 3.32. The molecule has 100 valence electrons. The molecule has 0 fully saturated rings. The summed E-state index contributed by atoms with van der Waals surface area (Å²) in [5, 5.41) is 11.2. The first-order valence-corrected chi connectivity index (χ1v) is 6.43. The van der Waals surface area contributed by atoms with E-state index < -0.39 is 0 Å². The summed E-state index contributed by atoms with van der Waals surface area (Å²) in [6.07, 6.45) is 0. The minimum Gasteiger partial charge on any atom is -0.507 e. The number of pyridine rings is 1. The van der Waals surface area contributed by atoms with Crippen molar-refractivity contribution < 1.29 is 9.84 Å². The van der Waals surface area contributed by atoms with Gasteiger partial charge in [-0.15, -0.1) is 0 Å². The molecule has 0 aliphatic rings. The number of rotatable bonds is 2. The van der Waals surface area contributed by atoms with E-state index in [0.717, 1.165) is 10.9 Å². The molecule has 0 spiro atoms. The number of fused-ring (bicyclic) bond motifs is 1. The Labute approximate surface area is 117 Å². The maximum atomic E-state index is 10.1. The monoisotopic (exact) mass is 265 g/mol. The van der Waals surface area contributed by atoms with Crippen molar-refractivity contribution in [3.8, 4) is 22.8 Å². The van der Waals surface area contributed by atoms with Crippen molar-refractivity contribution >= 4 is 10.9 Å². The second-order valence-electron chi connectivity index (χ2n) is 4.75. The number of nitrogens with zero attached hydrogens (tertiary/aromatic N) is 1. The number of ether oxygens (including phenoxy) is 1. The summed E-state index contributed by atoms with van der Waals surface area (Å²) < 4.78 is 5.31. The first-order valence-electron chi connectivity index (χ1n) is 6.43. The molecule has 0 saturated heterocycles. The maximum Gasteiger partial charge on any atom is 0.132 e. The fourth-order valence-electron chi connectivity index (χ4n) is 2.33. The van der Waals surface area contributed by atoms with Crippen LogP contribution < -0.4 is 4.74 Å². The Bertz CT molecular complexity index is 781. The fraction of sp³-hybridized carbons (Fsp3) is 0.118. The highest BCUT2D eigenvalue weighted by Gasteiger charge is 2.12. The predicted octanol–water partition coefficient (Wildman–Crippen LogP) is 3.92. The van der Waals surface area contributed by atoms with E-state index in [1.54, 1.807) is 19.2 Å². The van der Waals surface area contributed by atoms with Crippen LogP contribution in [0.25, 0.3) is 22.2 Å². The highest BCUT2D eigenvalue weighted by Crippen LogP contribution is 2.37. The van der Waals surface area contributed by atoms with Crippen LogP contribution in [-0.4, -0.2) is 17.2 Å². The van der Waals surface area contributed by atoms with Gasteiger partial charge in [-0.3, -0.25) is 0 Å². The number of aromatic nitrogens is 1. The molecular formula is C17H15NO2. The molecule has 0 aliphatic carbocycles. The van der Waals surface area contributed by atoms with E-state index in [-0.39, 0.29) is 5.75 Å². The molecule has 0 radical (unpaired) electrons. The Morgan fingerprint density at radius 1 is 1.05 bits per heavy atom. The lowest BCUT2D eigenvalue weighted by Gasteiger charge is -2.10. The van der Waals surface area contributed by atoms with Crippen LogP contribution in [0, 0.1) is 6.92 Å². The van der Waals surface area contributed by atoms with Crippen molar-refractivity contribution in [3.63, 3.8) is 0 Å². The Hall–Kier alpha value is -2.55. The van der Waals surface area contributed by atoms with E-state index in [0.29, 0.717) is 17.0 Å². The van der Waals surface area contributed by atoms with Crippen LogP contribution in [0.15, 0.2) is 48.5 Å². The molecule has 3 aromatic rings. The number of benzene rings is 2. The Balaban J connectivity index is 2.22. The number of phenolic OH excluding ortho intramolecular Hbond substituents is 1. The Kier molecular flexibility index (Phi) is 3.03. The highest BCUT2D eigenvalue weighted by molar-refractivity contribution is 5.84. The van der Waals surface area contributed by atoms with Crippen molar-refractivity contribution in [1.29, 1.82) is 0 Å². The van der Waals surface area contributed by atoms with Gasteiger partial charge < -0.3 is 9.84 Å². The van der Waals surface area contributed by atoms with Crippen LogP contribution in [-0.2, 0) is 0 Å². The summed E-state index contributed by atoms with van der Waals surface area (Å²) in [4.78, 5) is 4.62. The van der Waals surface area contributed by atoms with Crippen molar-refractivity contribution in [1.82, 2.24) is 4.98 Å². The largest absolute Gasteiger partial charge is 0.507 e. The van der Waals surface area contributed by atoms with Gasteiger partial charge in [-0.25, -0.2) is 4.98 Å². The van der Waals surface area contributed by atoms with Gasteiger partial charge in [0.05, 0.1) is 23.9 Å². The molecule has 0 atom stereocenters. The first kappa shape index (κ1) is 12.5. The summed E-state index contributed by atoms with van der Waals surface area (Å²) in [7, 11) is 1.59. The third kappa shape index (κ3) is 2.07. The van der Waals surface area contributed by atoms with Gasteiger partial charge in [0.25, 0.3) is 0 Å². The molecule has 2 aromatic carbocycles. The van der Waals surface area contributed by atoms with Crippen molar-refractivity contribution in [3.05, 3.63) is 54.1 Å². The average molecular weight is 265 g/mol. The molecular weight excluding hydrogens is 250 g/mol. The number of methoxy groups -OCH3 is 1. The van der Waals surface area contributed by atoms with Crippen LogP contribution in [0.3, 0.4) is 0 Å². The van der Waals surface area contributed by atoms with Gasteiger partial charge in [0, 0.05) is 5.39 Å². The van der Waals surface area contributed by atoms with Crippen molar-refractivity contribution in [2.45, 2.75) is 6.92 Å². The van der Waals surface area contributed by atoms with E-state index in [9.17, 15) is 5.11 Å². The number of aromatic hydroxyl groups is 1. The van der Waals surface area contributed by atoms with E-state index in [1.807, 2.05) is 30.3 Å². The normalized spacial score (nSPS) is 10.7. The van der Waals surface area contributed by atoms with Gasteiger partial charge in [-0.05, 0) is 37.3 Å². The standard InChI is InChI=1S/C17H15NO2/c1-11-6-8-13-12(10-11)7-9-14(18-13)17-15(19)4-3-5-16(17)20-2/h3-10,19H,1-2H3. The summed E-state index contributed by atoms with van der Waals surface area (Å²) in [5.41, 5.74) is 3.43. The predicted molar refractivity (Wildman–Crippen MR) is 80.1 cm³/mol. The van der Waals surface area contributed by atoms with Crippen LogP contribution in [0.5, 0.6) is 11.5 Å². The average Bonchev–Trinajstić information content (AvgIpc) is 2.46. The lowest BCUT2D eigenvalue weighted by atomic mass is 10.1. The number of aryl methyl sites for hydroxylation is 1. The second-order valence-corrected chi connectivity index (χ2v) is 4.75. The lowest BCUT2D eigenvalue weighted by Crippen LogP contribution is -1.91. The minimum atomic E-state index is 0.170. The van der Waals surface area contributed by atoms with E-state index >= 15 is 0 Å². The number of phenols is 1. The van der Waals surface area contributed by atoms with E-state index in [4.69, 9.17) is 4.74 Å². The van der Waals surface area contributed by atoms with Crippen LogP contribution in [0.1, 0.15) is 5.56 Å². The number of hydrogen-bond donors (Lipinski definition) is 1. The second kappa shape index (κ2) is 4.85. The highest BCUT2D eigenvalue weighted by atomic mass is 16.5. The molecule has 3 rings (SSSR count). The number of hydrogen-bond acceptors (Lipinski definition) is 3. The zero-order valence-corrected chi connectivity index (χ0v) is 11.4. The molecule has 0 bridgehead atoms. The minimum absolute atomic E-state index is 0.170. The van der Waals surface area contributed by atoms with Crippen molar-refractivity contribution in [2.24, 2.45) is 0 Å². The molecule has 0 amide bonds. The van der Waals surface area contributed by atoms with Gasteiger partial charge in [0.15, 0.2) is 0 Å². The lowest BCUT2D eigenvalue weighted by molar-refractivity contribution is 0.410. The van der Waals surface area contributed by atoms with Gasteiger partial charge in [0.1, 0.15) is 11.5 Å². The van der Waals surface area contributed by atoms with Gasteiger partial charge >= 0.3 is 0 Å². The molecule has 1 N–H and O–H groups in total. The van der Waals surface area contributed by atoms with Crippen LogP contribution >= 0.6 is 0 Å². The smallest absolute Gasteiger partial charge is 0.132 e. The topological polar surface area (TPSA) is 42.4 Å². The van der Waals surface area contributed by atoms with Crippen molar-refractivity contribution in [2.75, 3.05) is 7.11 Å². The zero-order chi connectivity index (χ0) is 14.1. The van der Waals surface area contributed by atoms with Gasteiger partial charge in [-0.2, -0.15) is 0 Å². The van der Waals surface area contributed by atoms with Gasteiger partial charge in [0.2, 0.25) is 0 Å². The summed E-state index contributed by atoms with van der Waals surface area (Å²) >= 11 is 0. The molecule has 0 aliphatic heterocycles. The first-order chi connectivity index (χ1) is 9.69. The van der Waals surface area contributed by atoms with Crippen LogP contribution in [0.2, 0.25) is 0 Å². The molecule has 3 heteroatoms. The molecule has 0 unspecified atom stereocenters. The Morgan fingerprint density at radius 3 is 2.70 bits per heavy atom. The summed E-state index contributed by atoms with van der Waals surface area (Å²) in [6, 6.07) is 15.2.